The van der Waals surface area contributed by atoms with Gasteiger partial charge in [-0.15, -0.1) is 0 Å². The lowest BCUT2D eigenvalue weighted by atomic mass is 10.1. The highest BCUT2D eigenvalue weighted by Gasteiger charge is 2.04. The molecule has 3 rings (SSSR count). The third kappa shape index (κ3) is 2.56. The number of nitrogens with zero attached hydrogens (tertiary/aromatic N) is 3. The van der Waals surface area contributed by atoms with Crippen molar-refractivity contribution in [2.24, 2.45) is 7.05 Å². The third-order valence-corrected chi connectivity index (χ3v) is 3.46. The van der Waals surface area contributed by atoms with E-state index in [0.717, 1.165) is 24.3 Å². The lowest BCUT2D eigenvalue weighted by molar-refractivity contribution is 0.692. The van der Waals surface area contributed by atoms with Crippen LogP contribution in [0.1, 0.15) is 16.8 Å². The van der Waals surface area contributed by atoms with Crippen LogP contribution >= 0.6 is 0 Å². The van der Waals surface area contributed by atoms with E-state index in [0.29, 0.717) is 0 Å². The van der Waals surface area contributed by atoms with E-state index in [4.69, 9.17) is 0 Å². The van der Waals surface area contributed by atoms with Crippen molar-refractivity contribution in [3.05, 3.63) is 59.5 Å². The lowest BCUT2D eigenvalue weighted by Crippen LogP contribution is -2.13. The molecule has 0 saturated carbocycles. The highest BCUT2D eigenvalue weighted by atomic mass is 15.2. The maximum atomic E-state index is 4.47. The predicted octanol–water partition coefficient (Wildman–Crippen LogP) is 2.57. The molecule has 0 radical (unpaired) electrons. The van der Waals surface area contributed by atoms with Crippen LogP contribution in [0.3, 0.4) is 0 Å². The van der Waals surface area contributed by atoms with Gasteiger partial charge in [0.25, 0.3) is 0 Å². The summed E-state index contributed by atoms with van der Waals surface area (Å²) in [5.41, 5.74) is 4.62. The second kappa shape index (κ2) is 5.43. The zero-order valence-electron chi connectivity index (χ0n) is 11.8. The molecule has 0 aliphatic carbocycles. The van der Waals surface area contributed by atoms with E-state index in [-0.39, 0.29) is 0 Å². The van der Waals surface area contributed by atoms with Crippen molar-refractivity contribution in [1.29, 1.82) is 0 Å². The number of nitrogens with one attached hydrogen (secondary N) is 1. The van der Waals surface area contributed by atoms with Crippen molar-refractivity contribution in [2.75, 3.05) is 0 Å². The van der Waals surface area contributed by atoms with Crippen LogP contribution in [0.25, 0.3) is 10.9 Å². The minimum Gasteiger partial charge on any atom is -0.308 e. The van der Waals surface area contributed by atoms with Gasteiger partial charge in [-0.3, -0.25) is 9.67 Å². The molecule has 0 spiro atoms. The molecule has 2 aromatic heterocycles. The quantitative estimate of drug-likeness (QED) is 0.789. The van der Waals surface area contributed by atoms with Crippen molar-refractivity contribution in [3.63, 3.8) is 0 Å². The molecule has 1 N–H and O–H groups in total. The number of aromatic nitrogens is 3. The molecule has 102 valence electrons. The first kappa shape index (κ1) is 12.8. The minimum atomic E-state index is 0.808. The van der Waals surface area contributed by atoms with Gasteiger partial charge in [-0.25, -0.2) is 0 Å². The fourth-order valence-electron chi connectivity index (χ4n) is 2.46. The van der Waals surface area contributed by atoms with Gasteiger partial charge in [0, 0.05) is 43.5 Å². The summed E-state index contributed by atoms with van der Waals surface area (Å²) in [4.78, 5) is 4.47. The molecule has 0 saturated heterocycles. The Morgan fingerprint density at radius 3 is 2.70 bits per heavy atom. The molecule has 1 aromatic carbocycles. The van der Waals surface area contributed by atoms with Gasteiger partial charge < -0.3 is 5.32 Å². The molecule has 20 heavy (non-hydrogen) atoms. The van der Waals surface area contributed by atoms with Crippen LogP contribution in [0.2, 0.25) is 0 Å². The monoisotopic (exact) mass is 266 g/mol. The number of aryl methyl sites for hydroxylation is 2. The summed E-state index contributed by atoms with van der Waals surface area (Å²) >= 11 is 0. The number of hydrogen-bond donors (Lipinski definition) is 1. The lowest BCUT2D eigenvalue weighted by Gasteiger charge is -2.07. The van der Waals surface area contributed by atoms with E-state index in [2.05, 4.69) is 45.9 Å². The molecule has 3 aromatic rings. The van der Waals surface area contributed by atoms with E-state index >= 15 is 0 Å². The fourth-order valence-corrected chi connectivity index (χ4v) is 2.46. The van der Waals surface area contributed by atoms with Gasteiger partial charge in [0.1, 0.15) is 0 Å². The van der Waals surface area contributed by atoms with Gasteiger partial charge in [-0.1, -0.05) is 24.3 Å². The van der Waals surface area contributed by atoms with E-state index in [1.807, 2.05) is 30.9 Å². The van der Waals surface area contributed by atoms with Crippen LogP contribution in [-0.4, -0.2) is 14.8 Å². The molecule has 0 aliphatic rings. The third-order valence-electron chi connectivity index (χ3n) is 3.46. The molecule has 2 heterocycles. The molecule has 4 nitrogen and oxygen atoms in total. The Balaban J connectivity index is 1.73. The zero-order chi connectivity index (χ0) is 13.9. The number of hydrogen-bond acceptors (Lipinski definition) is 3. The van der Waals surface area contributed by atoms with Crippen molar-refractivity contribution in [1.82, 2.24) is 20.1 Å². The van der Waals surface area contributed by atoms with Crippen LogP contribution < -0.4 is 5.32 Å². The Kier molecular flexibility index (Phi) is 3.48. The molecule has 4 heteroatoms. The summed E-state index contributed by atoms with van der Waals surface area (Å²) in [6.07, 6.45) is 3.90. The topological polar surface area (TPSA) is 42.7 Å². The summed E-state index contributed by atoms with van der Waals surface area (Å²) in [6.45, 7) is 3.67. The molecular weight excluding hydrogens is 248 g/mol. The maximum absolute atomic E-state index is 4.47. The van der Waals surface area contributed by atoms with Crippen LogP contribution in [-0.2, 0) is 20.1 Å². The van der Waals surface area contributed by atoms with Crippen LogP contribution in [0.15, 0.2) is 42.7 Å². The Labute approximate surface area is 118 Å². The molecule has 0 amide bonds. The van der Waals surface area contributed by atoms with Gasteiger partial charge in [-0.05, 0) is 18.6 Å². The predicted molar refractivity (Wildman–Crippen MR) is 80.2 cm³/mol. The van der Waals surface area contributed by atoms with Crippen molar-refractivity contribution in [3.8, 4) is 0 Å². The highest BCUT2D eigenvalue weighted by Crippen LogP contribution is 2.15. The summed E-state index contributed by atoms with van der Waals surface area (Å²) in [5, 5.41) is 9.01. The summed E-state index contributed by atoms with van der Waals surface area (Å²) in [7, 11) is 1.95. The zero-order valence-corrected chi connectivity index (χ0v) is 11.8. The summed E-state index contributed by atoms with van der Waals surface area (Å²) in [5.74, 6) is 0. The van der Waals surface area contributed by atoms with Crippen LogP contribution in [0.4, 0.5) is 0 Å². The molecule has 0 fully saturated rings. The number of para-hydroxylation sites is 1. The normalized spacial score (nSPS) is 11.1. The SMILES string of the molecule is Cc1nn(C)cc1CNCc1cccc2cccnc12. The van der Waals surface area contributed by atoms with E-state index in [1.54, 1.807) is 0 Å². The smallest absolute Gasteiger partial charge is 0.0746 e. The summed E-state index contributed by atoms with van der Waals surface area (Å²) < 4.78 is 1.85. The van der Waals surface area contributed by atoms with Crippen LogP contribution in [0, 0.1) is 6.92 Å². The number of rotatable bonds is 4. The second-order valence-electron chi connectivity index (χ2n) is 5.01. The molecule has 0 bridgehead atoms. The Morgan fingerprint density at radius 2 is 1.90 bits per heavy atom. The first-order valence-electron chi connectivity index (χ1n) is 6.76. The molecule has 0 aliphatic heterocycles. The highest BCUT2D eigenvalue weighted by molar-refractivity contribution is 5.81. The van der Waals surface area contributed by atoms with Gasteiger partial charge in [0.05, 0.1) is 11.2 Å². The Hall–Kier alpha value is -2.20. The second-order valence-corrected chi connectivity index (χ2v) is 5.01. The number of pyridine rings is 1. The first-order valence-corrected chi connectivity index (χ1v) is 6.76. The van der Waals surface area contributed by atoms with E-state index in [9.17, 15) is 0 Å². The van der Waals surface area contributed by atoms with Crippen LogP contribution in [0.5, 0.6) is 0 Å². The van der Waals surface area contributed by atoms with Crippen molar-refractivity contribution >= 4 is 10.9 Å². The van der Waals surface area contributed by atoms with Gasteiger partial charge >= 0.3 is 0 Å². The standard InChI is InChI=1S/C16H18N4/c1-12-15(11-20(2)19-12)10-17-9-14-6-3-5-13-7-4-8-18-16(13)14/h3-8,11,17H,9-10H2,1-2H3. The van der Waals surface area contributed by atoms with E-state index < -0.39 is 0 Å². The first-order chi connectivity index (χ1) is 9.74. The molecular formula is C16H18N4. The minimum absolute atomic E-state index is 0.808. The largest absolute Gasteiger partial charge is 0.308 e. The molecule has 0 atom stereocenters. The van der Waals surface area contributed by atoms with Gasteiger partial charge in [0.2, 0.25) is 0 Å². The fraction of sp³-hybridized carbons (Fsp3) is 0.250. The Bertz CT molecular complexity index is 725. The number of benzene rings is 1. The molecule has 0 unspecified atom stereocenters. The average Bonchev–Trinajstić information content (AvgIpc) is 2.77. The van der Waals surface area contributed by atoms with Crippen molar-refractivity contribution < 1.29 is 0 Å². The summed E-state index contributed by atoms with van der Waals surface area (Å²) in [6, 6.07) is 10.4. The number of fused-ring (bicyclic) bond motifs is 1. The van der Waals surface area contributed by atoms with Gasteiger partial charge in [-0.2, -0.15) is 5.10 Å². The van der Waals surface area contributed by atoms with Gasteiger partial charge in [0.15, 0.2) is 0 Å². The maximum Gasteiger partial charge on any atom is 0.0746 e. The van der Waals surface area contributed by atoms with E-state index in [1.165, 1.54) is 16.5 Å². The van der Waals surface area contributed by atoms with Crippen molar-refractivity contribution in [2.45, 2.75) is 20.0 Å². The Morgan fingerprint density at radius 1 is 1.10 bits per heavy atom. The average molecular weight is 266 g/mol.